The van der Waals surface area contributed by atoms with Crippen molar-refractivity contribution in [1.82, 2.24) is 0 Å². The van der Waals surface area contributed by atoms with E-state index in [1.807, 2.05) is 25.1 Å². The molecule has 0 aliphatic carbocycles. The lowest BCUT2D eigenvalue weighted by atomic mass is 10.1. The van der Waals surface area contributed by atoms with Crippen LogP contribution in [0.15, 0.2) is 42.5 Å². The summed E-state index contributed by atoms with van der Waals surface area (Å²) in [6, 6.07) is 11.8. The highest BCUT2D eigenvalue weighted by molar-refractivity contribution is 5.34. The molecule has 0 bridgehead atoms. The summed E-state index contributed by atoms with van der Waals surface area (Å²) in [6.45, 7) is 2.27. The molecule has 2 aromatic carbocycles. The van der Waals surface area contributed by atoms with Gasteiger partial charge in [0.25, 0.3) is 0 Å². The molecule has 0 atom stereocenters. The Balaban J connectivity index is 2.04. The zero-order valence-corrected chi connectivity index (χ0v) is 10.2. The van der Waals surface area contributed by atoms with E-state index in [2.05, 4.69) is 0 Å². The van der Waals surface area contributed by atoms with Crippen LogP contribution in [0, 0.1) is 12.7 Å². The first-order valence-corrected chi connectivity index (χ1v) is 5.76. The minimum Gasteiger partial charge on any atom is -0.489 e. The highest BCUT2D eigenvalue weighted by atomic mass is 19.1. The summed E-state index contributed by atoms with van der Waals surface area (Å²) in [6.07, 6.45) is 0. The fourth-order valence-corrected chi connectivity index (χ4v) is 1.73. The van der Waals surface area contributed by atoms with Gasteiger partial charge in [-0.25, -0.2) is 4.39 Å². The monoisotopic (exact) mass is 246 g/mol. The number of rotatable bonds is 4. The van der Waals surface area contributed by atoms with Crippen LogP contribution in [0.1, 0.15) is 16.7 Å². The van der Waals surface area contributed by atoms with Crippen LogP contribution in [-0.4, -0.2) is 5.11 Å². The number of aryl methyl sites for hydroxylation is 1. The predicted molar refractivity (Wildman–Crippen MR) is 67.8 cm³/mol. The largest absolute Gasteiger partial charge is 0.489 e. The maximum absolute atomic E-state index is 13.0. The summed E-state index contributed by atoms with van der Waals surface area (Å²) >= 11 is 0. The number of halogens is 1. The van der Waals surface area contributed by atoms with E-state index in [9.17, 15) is 4.39 Å². The van der Waals surface area contributed by atoms with E-state index >= 15 is 0 Å². The van der Waals surface area contributed by atoms with Gasteiger partial charge < -0.3 is 9.84 Å². The van der Waals surface area contributed by atoms with E-state index in [0.717, 1.165) is 16.7 Å². The van der Waals surface area contributed by atoms with Crippen molar-refractivity contribution in [3.8, 4) is 5.75 Å². The van der Waals surface area contributed by atoms with Crippen LogP contribution < -0.4 is 4.74 Å². The first-order valence-electron chi connectivity index (χ1n) is 5.76. The Bertz CT molecular complexity index is 538. The van der Waals surface area contributed by atoms with Gasteiger partial charge in [-0.1, -0.05) is 18.2 Å². The Morgan fingerprint density at radius 2 is 2.00 bits per heavy atom. The molecule has 2 nitrogen and oxygen atoms in total. The highest BCUT2D eigenvalue weighted by Crippen LogP contribution is 2.18. The van der Waals surface area contributed by atoms with Crippen LogP contribution in [0.4, 0.5) is 4.39 Å². The molecular weight excluding hydrogens is 231 g/mol. The normalized spacial score (nSPS) is 10.4. The third-order valence-electron chi connectivity index (χ3n) is 2.78. The fourth-order valence-electron chi connectivity index (χ4n) is 1.73. The first-order chi connectivity index (χ1) is 8.69. The van der Waals surface area contributed by atoms with E-state index < -0.39 is 0 Å². The van der Waals surface area contributed by atoms with Crippen LogP contribution in [0.5, 0.6) is 5.75 Å². The van der Waals surface area contributed by atoms with E-state index in [1.54, 1.807) is 12.1 Å². The maximum Gasteiger partial charge on any atom is 0.123 e. The zero-order chi connectivity index (χ0) is 13.0. The minimum atomic E-state index is -0.261. The molecule has 2 rings (SSSR count). The van der Waals surface area contributed by atoms with Gasteiger partial charge in [0, 0.05) is 0 Å². The predicted octanol–water partition coefficient (Wildman–Crippen LogP) is 3.21. The standard InChI is InChI=1S/C15H15FO2/c1-11-7-15(6-5-13(11)9-17)18-10-12-3-2-4-14(16)8-12/h2-8,17H,9-10H2,1H3. The third kappa shape index (κ3) is 3.08. The summed E-state index contributed by atoms with van der Waals surface area (Å²) < 4.78 is 18.6. The van der Waals surface area contributed by atoms with E-state index in [1.165, 1.54) is 12.1 Å². The molecule has 0 unspecified atom stereocenters. The molecule has 0 spiro atoms. The Labute approximate surface area is 106 Å². The SMILES string of the molecule is Cc1cc(OCc2cccc(F)c2)ccc1CO. The van der Waals surface area contributed by atoms with E-state index in [-0.39, 0.29) is 12.4 Å². The quantitative estimate of drug-likeness (QED) is 0.897. The topological polar surface area (TPSA) is 29.5 Å². The molecule has 0 aromatic heterocycles. The van der Waals surface area contributed by atoms with Crippen molar-refractivity contribution in [2.75, 3.05) is 0 Å². The molecule has 0 saturated heterocycles. The molecule has 0 fully saturated rings. The number of aliphatic hydroxyl groups is 1. The molecular formula is C15H15FO2. The van der Waals surface area contributed by atoms with E-state index in [4.69, 9.17) is 9.84 Å². The lowest BCUT2D eigenvalue weighted by molar-refractivity contribution is 0.280. The van der Waals surface area contributed by atoms with Gasteiger partial charge in [-0.05, 0) is 47.9 Å². The maximum atomic E-state index is 13.0. The average molecular weight is 246 g/mol. The summed E-state index contributed by atoms with van der Waals surface area (Å²) in [5, 5.41) is 9.07. The lowest BCUT2D eigenvalue weighted by Gasteiger charge is -2.09. The second-order valence-corrected chi connectivity index (χ2v) is 4.17. The second kappa shape index (κ2) is 5.65. The number of benzene rings is 2. The summed E-state index contributed by atoms with van der Waals surface area (Å²) in [4.78, 5) is 0. The van der Waals surface area contributed by atoms with Gasteiger partial charge in [-0.15, -0.1) is 0 Å². The highest BCUT2D eigenvalue weighted by Gasteiger charge is 2.01. The van der Waals surface area contributed by atoms with Gasteiger partial charge in [0.15, 0.2) is 0 Å². The van der Waals surface area contributed by atoms with Gasteiger partial charge in [-0.2, -0.15) is 0 Å². The molecule has 0 radical (unpaired) electrons. The van der Waals surface area contributed by atoms with Crippen LogP contribution in [0.2, 0.25) is 0 Å². The van der Waals surface area contributed by atoms with Crippen molar-refractivity contribution >= 4 is 0 Å². The van der Waals surface area contributed by atoms with Crippen LogP contribution in [0.3, 0.4) is 0 Å². The average Bonchev–Trinajstić information content (AvgIpc) is 2.37. The molecule has 0 saturated carbocycles. The third-order valence-corrected chi connectivity index (χ3v) is 2.78. The van der Waals surface area contributed by atoms with Crippen molar-refractivity contribution in [3.05, 3.63) is 65.0 Å². The molecule has 94 valence electrons. The second-order valence-electron chi connectivity index (χ2n) is 4.17. The van der Waals surface area contributed by atoms with Crippen molar-refractivity contribution in [1.29, 1.82) is 0 Å². The molecule has 18 heavy (non-hydrogen) atoms. The van der Waals surface area contributed by atoms with Crippen molar-refractivity contribution < 1.29 is 14.2 Å². The van der Waals surface area contributed by atoms with Crippen LogP contribution >= 0.6 is 0 Å². The Morgan fingerprint density at radius 3 is 2.67 bits per heavy atom. The van der Waals surface area contributed by atoms with Crippen LogP contribution in [-0.2, 0) is 13.2 Å². The number of hydrogen-bond donors (Lipinski definition) is 1. The van der Waals surface area contributed by atoms with Gasteiger partial charge in [0.1, 0.15) is 18.2 Å². The summed E-state index contributed by atoms with van der Waals surface area (Å²) in [7, 11) is 0. The number of aliphatic hydroxyl groups excluding tert-OH is 1. The molecule has 2 aromatic rings. The molecule has 0 aliphatic heterocycles. The minimum absolute atomic E-state index is 0.0238. The van der Waals surface area contributed by atoms with Gasteiger partial charge in [0.05, 0.1) is 6.61 Å². The molecule has 1 N–H and O–H groups in total. The van der Waals surface area contributed by atoms with Gasteiger partial charge in [0.2, 0.25) is 0 Å². The molecule has 0 heterocycles. The van der Waals surface area contributed by atoms with E-state index in [0.29, 0.717) is 12.4 Å². The molecule has 0 amide bonds. The van der Waals surface area contributed by atoms with Gasteiger partial charge in [-0.3, -0.25) is 0 Å². The lowest BCUT2D eigenvalue weighted by Crippen LogP contribution is -1.97. The number of hydrogen-bond acceptors (Lipinski definition) is 2. The summed E-state index contributed by atoms with van der Waals surface area (Å²) in [5.41, 5.74) is 2.65. The fraction of sp³-hybridized carbons (Fsp3) is 0.200. The smallest absolute Gasteiger partial charge is 0.123 e. The Hall–Kier alpha value is -1.87. The number of ether oxygens (including phenoxy) is 1. The van der Waals surface area contributed by atoms with Crippen LogP contribution in [0.25, 0.3) is 0 Å². The Morgan fingerprint density at radius 1 is 1.17 bits per heavy atom. The summed E-state index contributed by atoms with van der Waals surface area (Å²) in [5.74, 6) is 0.455. The first kappa shape index (κ1) is 12.6. The van der Waals surface area contributed by atoms with Crippen molar-refractivity contribution in [2.45, 2.75) is 20.1 Å². The Kier molecular flexibility index (Phi) is 3.95. The zero-order valence-electron chi connectivity index (χ0n) is 10.2. The molecule has 3 heteroatoms. The molecule has 0 aliphatic rings. The van der Waals surface area contributed by atoms with Crippen molar-refractivity contribution in [2.24, 2.45) is 0 Å². The van der Waals surface area contributed by atoms with Crippen molar-refractivity contribution in [3.63, 3.8) is 0 Å². The van der Waals surface area contributed by atoms with Gasteiger partial charge >= 0.3 is 0 Å².